The van der Waals surface area contributed by atoms with Crippen LogP contribution >= 0.6 is 0 Å². The van der Waals surface area contributed by atoms with Crippen molar-refractivity contribution >= 4 is 5.97 Å². The molecule has 0 bridgehead atoms. The Labute approximate surface area is 112 Å². The van der Waals surface area contributed by atoms with Crippen LogP contribution in [0.1, 0.15) is 24.8 Å². The first-order valence-corrected chi connectivity index (χ1v) is 6.38. The molecule has 0 heterocycles. The van der Waals surface area contributed by atoms with Gasteiger partial charge in [-0.05, 0) is 50.0 Å². The van der Waals surface area contributed by atoms with E-state index in [2.05, 4.69) is 5.32 Å². The van der Waals surface area contributed by atoms with Crippen LogP contribution in [0, 0.1) is 5.82 Å². The Morgan fingerprint density at radius 2 is 2.16 bits per heavy atom. The van der Waals surface area contributed by atoms with E-state index in [4.69, 9.17) is 9.84 Å². The summed E-state index contributed by atoms with van der Waals surface area (Å²) < 4.78 is 18.3. The number of aliphatic carboxylic acids is 1. The average molecular weight is 269 g/mol. The van der Waals surface area contributed by atoms with Crippen LogP contribution in [0.3, 0.4) is 0 Å². The fourth-order valence-corrected chi connectivity index (χ4v) is 1.75. The molecule has 0 saturated heterocycles. The maximum Gasteiger partial charge on any atom is 0.303 e. The summed E-state index contributed by atoms with van der Waals surface area (Å²) in [6, 6.07) is 4.94. The predicted molar refractivity (Wildman–Crippen MR) is 71.0 cm³/mol. The van der Waals surface area contributed by atoms with E-state index in [9.17, 15) is 9.18 Å². The number of rotatable bonds is 9. The van der Waals surface area contributed by atoms with Crippen LogP contribution in [-0.4, -0.2) is 31.3 Å². The average Bonchev–Trinajstić information content (AvgIpc) is 2.37. The molecule has 4 nitrogen and oxygen atoms in total. The maximum atomic E-state index is 13.4. The molecular formula is C14H20FNO3. The van der Waals surface area contributed by atoms with Gasteiger partial charge in [-0.3, -0.25) is 4.79 Å². The van der Waals surface area contributed by atoms with E-state index in [1.165, 1.54) is 13.2 Å². The summed E-state index contributed by atoms with van der Waals surface area (Å²) in [6.45, 7) is 1.53. The molecule has 0 radical (unpaired) electrons. The quantitative estimate of drug-likeness (QED) is 0.675. The summed E-state index contributed by atoms with van der Waals surface area (Å²) in [5, 5.41) is 11.7. The van der Waals surface area contributed by atoms with Gasteiger partial charge in [0.05, 0.1) is 7.11 Å². The van der Waals surface area contributed by atoms with Gasteiger partial charge in [0.1, 0.15) is 0 Å². The minimum absolute atomic E-state index is 0.214. The predicted octanol–water partition coefficient (Wildman–Crippen LogP) is 2.22. The van der Waals surface area contributed by atoms with Crippen LogP contribution in [0.15, 0.2) is 18.2 Å². The number of halogens is 1. The fraction of sp³-hybridized carbons (Fsp3) is 0.500. The Bertz CT molecular complexity index is 410. The van der Waals surface area contributed by atoms with Gasteiger partial charge >= 0.3 is 5.97 Å². The minimum Gasteiger partial charge on any atom is -0.494 e. The lowest BCUT2D eigenvalue weighted by Crippen LogP contribution is -2.18. The molecular weight excluding hydrogens is 249 g/mol. The van der Waals surface area contributed by atoms with Crippen LogP contribution in [0.4, 0.5) is 4.39 Å². The third-order valence-corrected chi connectivity index (χ3v) is 2.80. The zero-order valence-electron chi connectivity index (χ0n) is 11.1. The molecule has 106 valence electrons. The number of hydrogen-bond acceptors (Lipinski definition) is 3. The second-order valence-electron chi connectivity index (χ2n) is 4.32. The van der Waals surface area contributed by atoms with Crippen molar-refractivity contribution in [2.24, 2.45) is 0 Å². The van der Waals surface area contributed by atoms with Crippen molar-refractivity contribution < 1.29 is 19.0 Å². The number of nitrogens with one attached hydrogen (secondary N) is 1. The van der Waals surface area contributed by atoms with Gasteiger partial charge in [0.25, 0.3) is 0 Å². The van der Waals surface area contributed by atoms with Crippen LogP contribution in [0.25, 0.3) is 0 Å². The number of hydrogen-bond donors (Lipinski definition) is 2. The van der Waals surface area contributed by atoms with E-state index in [-0.39, 0.29) is 18.0 Å². The molecule has 19 heavy (non-hydrogen) atoms. The topological polar surface area (TPSA) is 58.6 Å². The number of benzene rings is 1. The highest BCUT2D eigenvalue weighted by molar-refractivity contribution is 5.66. The van der Waals surface area contributed by atoms with Crippen molar-refractivity contribution in [1.82, 2.24) is 5.32 Å². The van der Waals surface area contributed by atoms with Gasteiger partial charge < -0.3 is 15.2 Å². The Hall–Kier alpha value is -1.62. The molecule has 0 spiro atoms. The van der Waals surface area contributed by atoms with Gasteiger partial charge in [-0.1, -0.05) is 6.07 Å². The number of unbranched alkanes of at least 4 members (excludes halogenated alkanes) is 1. The summed E-state index contributed by atoms with van der Waals surface area (Å²) in [7, 11) is 1.44. The monoisotopic (exact) mass is 269 g/mol. The Kier molecular flexibility index (Phi) is 6.89. The zero-order chi connectivity index (χ0) is 14.1. The van der Waals surface area contributed by atoms with E-state index in [0.29, 0.717) is 6.42 Å². The normalized spacial score (nSPS) is 10.4. The van der Waals surface area contributed by atoms with Crippen molar-refractivity contribution in [2.75, 3.05) is 20.2 Å². The molecule has 0 unspecified atom stereocenters. The number of carboxylic acids is 1. The Balaban J connectivity index is 2.15. The molecule has 5 heteroatoms. The molecule has 1 rings (SSSR count). The smallest absolute Gasteiger partial charge is 0.303 e. The molecule has 0 aliphatic carbocycles. The summed E-state index contributed by atoms with van der Waals surface area (Å²) >= 11 is 0. The van der Waals surface area contributed by atoms with Crippen molar-refractivity contribution in [3.05, 3.63) is 29.6 Å². The second-order valence-corrected chi connectivity index (χ2v) is 4.32. The van der Waals surface area contributed by atoms with Crippen LogP contribution in [-0.2, 0) is 11.2 Å². The number of carbonyl (C=O) groups is 1. The van der Waals surface area contributed by atoms with Gasteiger partial charge in [-0.15, -0.1) is 0 Å². The first-order chi connectivity index (χ1) is 9.13. The Morgan fingerprint density at radius 1 is 1.37 bits per heavy atom. The first-order valence-electron chi connectivity index (χ1n) is 6.38. The van der Waals surface area contributed by atoms with Gasteiger partial charge in [-0.2, -0.15) is 0 Å². The molecule has 0 saturated carbocycles. The minimum atomic E-state index is -0.756. The third-order valence-electron chi connectivity index (χ3n) is 2.80. The van der Waals surface area contributed by atoms with Crippen molar-refractivity contribution in [3.63, 3.8) is 0 Å². The lowest BCUT2D eigenvalue weighted by molar-refractivity contribution is -0.137. The van der Waals surface area contributed by atoms with Crippen LogP contribution in [0.5, 0.6) is 5.75 Å². The largest absolute Gasteiger partial charge is 0.494 e. The molecule has 0 aliphatic rings. The first kappa shape index (κ1) is 15.4. The van der Waals surface area contributed by atoms with E-state index < -0.39 is 5.97 Å². The lowest BCUT2D eigenvalue weighted by atomic mass is 10.1. The van der Waals surface area contributed by atoms with Crippen molar-refractivity contribution in [1.29, 1.82) is 0 Å². The summed E-state index contributed by atoms with van der Waals surface area (Å²) in [5.41, 5.74) is 0.913. The van der Waals surface area contributed by atoms with Crippen LogP contribution < -0.4 is 10.1 Å². The summed E-state index contributed by atoms with van der Waals surface area (Å²) in [5.74, 6) is -0.847. The SMILES string of the molecule is COc1ccc(CCNCCCCC(=O)O)cc1F. The molecule has 2 N–H and O–H groups in total. The molecule has 1 aromatic rings. The number of methoxy groups -OCH3 is 1. The Morgan fingerprint density at radius 3 is 2.79 bits per heavy atom. The summed E-state index contributed by atoms with van der Waals surface area (Å²) in [4.78, 5) is 10.3. The molecule has 0 aromatic heterocycles. The lowest BCUT2D eigenvalue weighted by Gasteiger charge is -2.06. The molecule has 0 atom stereocenters. The van der Waals surface area contributed by atoms with Gasteiger partial charge in [0.2, 0.25) is 0 Å². The third kappa shape index (κ3) is 6.20. The van der Waals surface area contributed by atoms with E-state index >= 15 is 0 Å². The van der Waals surface area contributed by atoms with E-state index in [0.717, 1.165) is 31.5 Å². The van der Waals surface area contributed by atoms with Gasteiger partial charge in [0.15, 0.2) is 11.6 Å². The maximum absolute atomic E-state index is 13.4. The van der Waals surface area contributed by atoms with Crippen molar-refractivity contribution in [3.8, 4) is 5.75 Å². The molecule has 0 aliphatic heterocycles. The standard InChI is InChI=1S/C14H20FNO3/c1-19-13-6-5-11(10-12(13)15)7-9-16-8-3-2-4-14(17)18/h5-6,10,16H,2-4,7-9H2,1H3,(H,17,18). The zero-order valence-corrected chi connectivity index (χ0v) is 11.1. The second kappa shape index (κ2) is 8.48. The number of ether oxygens (including phenoxy) is 1. The van der Waals surface area contributed by atoms with E-state index in [1.54, 1.807) is 6.07 Å². The highest BCUT2D eigenvalue weighted by atomic mass is 19.1. The summed E-state index contributed by atoms with van der Waals surface area (Å²) in [6.07, 6.45) is 2.47. The fourth-order valence-electron chi connectivity index (χ4n) is 1.75. The molecule has 1 aromatic carbocycles. The van der Waals surface area contributed by atoms with Gasteiger partial charge in [-0.25, -0.2) is 4.39 Å². The van der Waals surface area contributed by atoms with Gasteiger partial charge in [0, 0.05) is 6.42 Å². The number of carboxylic acid groups (broad SMARTS) is 1. The molecule has 0 fully saturated rings. The molecule has 0 amide bonds. The highest BCUT2D eigenvalue weighted by Crippen LogP contribution is 2.17. The highest BCUT2D eigenvalue weighted by Gasteiger charge is 2.03. The van der Waals surface area contributed by atoms with E-state index in [1.807, 2.05) is 6.07 Å². The van der Waals surface area contributed by atoms with Crippen LogP contribution in [0.2, 0.25) is 0 Å². The van der Waals surface area contributed by atoms with Crippen molar-refractivity contribution in [2.45, 2.75) is 25.7 Å².